The van der Waals surface area contributed by atoms with Crippen LogP contribution in [0.1, 0.15) is 26.5 Å². The number of nitrogens with two attached hydrogens (primary N) is 1. The van der Waals surface area contributed by atoms with Crippen LogP contribution < -0.4 is 16.8 Å². The first kappa shape index (κ1) is 24.5. The van der Waals surface area contributed by atoms with Crippen molar-refractivity contribution in [2.45, 2.75) is 50.5 Å². The van der Waals surface area contributed by atoms with Gasteiger partial charge in [-0.2, -0.15) is 0 Å². The van der Waals surface area contributed by atoms with E-state index in [-0.39, 0.29) is 6.42 Å². The molecule has 15 heteroatoms. The summed E-state index contributed by atoms with van der Waals surface area (Å²) in [6.45, 7) is 0.321. The molecule has 1 aromatic rings. The van der Waals surface area contributed by atoms with Crippen LogP contribution in [0.3, 0.4) is 0 Å². The summed E-state index contributed by atoms with van der Waals surface area (Å²) in [4.78, 5) is 54.0. The molecule has 2 heterocycles. The molecule has 1 saturated heterocycles. The molecule has 12 nitrogen and oxygen atoms in total. The lowest BCUT2D eigenvalue weighted by Gasteiger charge is -2.25. The monoisotopic (exact) mass is 473 g/mol. The Morgan fingerprint density at radius 1 is 1.31 bits per heavy atom. The predicted molar refractivity (Wildman–Crippen MR) is 107 cm³/mol. The Morgan fingerprint density at radius 3 is 2.38 bits per heavy atom. The molecule has 0 radical (unpaired) electrons. The van der Waals surface area contributed by atoms with E-state index in [0.717, 1.165) is 10.6 Å². The van der Waals surface area contributed by atoms with Gasteiger partial charge in [-0.05, 0) is 18.2 Å². The summed E-state index contributed by atoms with van der Waals surface area (Å²) in [5.74, 6) is -0.599. The van der Waals surface area contributed by atoms with Crippen LogP contribution in [0.25, 0.3) is 0 Å². The molecule has 7 atom stereocenters. The molecule has 1 saturated carbocycles. The number of hydrogen-bond acceptors (Lipinski definition) is 7. The van der Waals surface area contributed by atoms with E-state index in [0.29, 0.717) is 0 Å². The Hall–Kier alpha value is -0.720. The molecule has 1 aliphatic carbocycles. The van der Waals surface area contributed by atoms with Gasteiger partial charge in [-0.15, -0.1) is 0 Å². The van der Waals surface area contributed by atoms with Crippen LogP contribution in [-0.2, 0) is 30.4 Å². The molecule has 2 fully saturated rings. The zero-order valence-electron chi connectivity index (χ0n) is 15.9. The second-order valence-corrected chi connectivity index (χ2v) is 11.1. The third kappa shape index (κ3) is 5.71. The van der Waals surface area contributed by atoms with Crippen molar-refractivity contribution in [2.24, 2.45) is 11.4 Å². The van der Waals surface area contributed by atoms with Crippen molar-refractivity contribution in [3.8, 4) is 0 Å². The molecule has 6 N–H and O–H groups in total. The fourth-order valence-electron chi connectivity index (χ4n) is 3.35. The molecular formula is C14H25N3O9P2S. The Morgan fingerprint density at radius 2 is 1.93 bits per heavy atom. The minimum Gasteiger partial charge on any atom is -0.374 e. The minimum atomic E-state index is -4.35. The van der Waals surface area contributed by atoms with Gasteiger partial charge in [0.2, 0.25) is 0 Å². The van der Waals surface area contributed by atoms with Gasteiger partial charge in [-0.1, -0.05) is 13.8 Å². The number of nitrogens with one attached hydrogen (secondary N) is 1. The topological polar surface area (TPSA) is 186 Å². The van der Waals surface area contributed by atoms with Crippen molar-refractivity contribution < 1.29 is 33.2 Å². The van der Waals surface area contributed by atoms with Crippen LogP contribution in [0, 0.1) is 5.92 Å². The number of aromatic nitrogens is 2. The molecule has 0 bridgehead atoms. The third-order valence-electron chi connectivity index (χ3n) is 4.55. The van der Waals surface area contributed by atoms with E-state index in [1.807, 2.05) is 13.8 Å². The maximum absolute atomic E-state index is 12.1. The number of aromatic amines is 1. The fraction of sp³-hybridized carbons (Fsp3) is 0.714. The lowest BCUT2D eigenvalue weighted by Crippen LogP contribution is -2.40. The zero-order valence-corrected chi connectivity index (χ0v) is 18.5. The number of rotatable bonds is 6. The smallest absolute Gasteiger partial charge is 0.330 e. The van der Waals surface area contributed by atoms with E-state index in [9.17, 15) is 28.8 Å². The molecule has 0 amide bonds. The Kier molecular flexibility index (Phi) is 7.78. The number of H-pyrrole nitrogens is 1. The maximum atomic E-state index is 12.1. The van der Waals surface area contributed by atoms with Crippen LogP contribution in [0.2, 0.25) is 0 Å². The van der Waals surface area contributed by atoms with Gasteiger partial charge >= 0.3 is 13.3 Å². The normalized spacial score (nSPS) is 33.5. The first-order chi connectivity index (χ1) is 13.4. The fourth-order valence-corrected chi connectivity index (χ4v) is 5.42. The van der Waals surface area contributed by atoms with Crippen LogP contribution in [0.5, 0.6) is 0 Å². The molecule has 1 aliphatic heterocycles. The summed E-state index contributed by atoms with van der Waals surface area (Å²) >= 11 is 4.72. The van der Waals surface area contributed by atoms with Gasteiger partial charge in [0, 0.05) is 25.3 Å². The molecule has 0 spiro atoms. The van der Waals surface area contributed by atoms with Gasteiger partial charge in [0.15, 0.2) is 6.23 Å². The van der Waals surface area contributed by atoms with E-state index < -0.39 is 61.6 Å². The van der Waals surface area contributed by atoms with E-state index in [2.05, 4.69) is 4.98 Å². The largest absolute Gasteiger partial charge is 0.374 e. The lowest BCUT2D eigenvalue weighted by atomic mass is 10.1. The van der Waals surface area contributed by atoms with Gasteiger partial charge in [0.25, 0.3) is 12.2 Å². The highest BCUT2D eigenvalue weighted by molar-refractivity contribution is 8.08. The predicted octanol–water partition coefficient (Wildman–Crippen LogP) is -0.398. The Bertz CT molecular complexity index is 925. The first-order valence-electron chi connectivity index (χ1n) is 8.77. The number of hydrogen-bond donors (Lipinski definition) is 5. The van der Waals surface area contributed by atoms with Gasteiger partial charge < -0.3 is 28.7 Å². The molecule has 0 aromatic carbocycles. The lowest BCUT2D eigenvalue weighted by molar-refractivity contribution is -0.0570. The van der Waals surface area contributed by atoms with Gasteiger partial charge in [-0.25, -0.2) is 4.79 Å². The summed E-state index contributed by atoms with van der Waals surface area (Å²) < 4.78 is 29.1. The zero-order chi connectivity index (χ0) is 22.1. The molecule has 7 unspecified atom stereocenters. The van der Waals surface area contributed by atoms with E-state index >= 15 is 0 Å². The summed E-state index contributed by atoms with van der Waals surface area (Å²) in [5.41, 5.74) is 3.13. The number of nitrogens with zero attached hydrogens (tertiary/aromatic N) is 1. The number of methoxy groups -OCH3 is 1. The maximum Gasteiger partial charge on any atom is 0.330 e. The second-order valence-electron chi connectivity index (χ2n) is 6.40. The standard InChI is InChI=1S/C12H19N3O9P2S.C2H6/c1-22-10-9(24-26(13,21)27)8(5-4-6(5)25(18,19)20)23-11(10)15-3-2-7(16)14-12(15)17;1-2/h2-3,5-6,8-11H,4H2,1H3,(H3,13,21,27)(H,14,16,17)(H2,18,19,20);1-2H3. The molecule has 29 heavy (non-hydrogen) atoms. The molecule has 3 rings (SSSR count). The Balaban J connectivity index is 0.00000145. The number of ether oxygens (including phenoxy) is 2. The van der Waals surface area contributed by atoms with Crippen molar-refractivity contribution in [2.75, 3.05) is 7.11 Å². The molecule has 166 valence electrons. The van der Waals surface area contributed by atoms with Crippen molar-refractivity contribution in [3.63, 3.8) is 0 Å². The Labute approximate surface area is 171 Å². The van der Waals surface area contributed by atoms with Crippen molar-refractivity contribution in [1.29, 1.82) is 0 Å². The van der Waals surface area contributed by atoms with E-state index in [1.165, 1.54) is 13.3 Å². The van der Waals surface area contributed by atoms with Crippen LogP contribution >= 0.6 is 14.2 Å². The average molecular weight is 473 g/mol. The molecular weight excluding hydrogens is 448 g/mol. The highest BCUT2D eigenvalue weighted by Gasteiger charge is 2.61. The van der Waals surface area contributed by atoms with Gasteiger partial charge in [-0.3, -0.25) is 24.4 Å². The summed E-state index contributed by atoms with van der Waals surface area (Å²) in [5, 5.41) is 0. The SMILES string of the molecule is CC.COC1C(OP(N)(O)=S)C(C2CC2P(=O)(O)O)OC1n1ccc(=O)[nH]c1=O. The minimum absolute atomic E-state index is 0.164. The van der Waals surface area contributed by atoms with Gasteiger partial charge in [0.05, 0.1) is 11.8 Å². The van der Waals surface area contributed by atoms with Crippen LogP contribution in [0.4, 0.5) is 0 Å². The third-order valence-corrected chi connectivity index (χ3v) is 6.82. The van der Waals surface area contributed by atoms with Crippen molar-refractivity contribution >= 4 is 26.0 Å². The van der Waals surface area contributed by atoms with Crippen LogP contribution in [-0.4, -0.2) is 55.3 Å². The highest BCUT2D eigenvalue weighted by Crippen LogP contribution is 2.62. The highest BCUT2D eigenvalue weighted by atomic mass is 32.5. The quantitative estimate of drug-likeness (QED) is 0.339. The molecule has 2 aliphatic rings. The summed E-state index contributed by atoms with van der Waals surface area (Å²) in [6.07, 6.45) is -2.71. The average Bonchev–Trinajstić information content (AvgIpc) is 3.33. The van der Waals surface area contributed by atoms with Crippen LogP contribution in [0.15, 0.2) is 21.9 Å². The van der Waals surface area contributed by atoms with Gasteiger partial charge in [0.1, 0.15) is 12.2 Å². The second kappa shape index (κ2) is 9.19. The summed E-state index contributed by atoms with van der Waals surface area (Å²) in [7, 11) is -3.05. The van der Waals surface area contributed by atoms with E-state index in [4.69, 9.17) is 31.3 Å². The summed E-state index contributed by atoms with van der Waals surface area (Å²) in [6, 6.07) is 1.11. The van der Waals surface area contributed by atoms with Crippen molar-refractivity contribution in [3.05, 3.63) is 33.1 Å². The van der Waals surface area contributed by atoms with E-state index in [1.54, 1.807) is 0 Å². The molecule has 1 aromatic heterocycles. The van der Waals surface area contributed by atoms with Crippen molar-refractivity contribution in [1.82, 2.24) is 9.55 Å². The first-order valence-corrected chi connectivity index (χ1v) is 13.2.